The average molecular weight is 298 g/mol. The van der Waals surface area contributed by atoms with Crippen molar-refractivity contribution < 1.29 is 14.6 Å². The van der Waals surface area contributed by atoms with E-state index in [0.29, 0.717) is 6.42 Å². The molecule has 3 heteroatoms. The van der Waals surface area contributed by atoms with Crippen molar-refractivity contribution in [3.63, 3.8) is 0 Å². The second-order valence-corrected chi connectivity index (χ2v) is 5.86. The normalized spacial score (nSPS) is 10.5. The molecule has 0 amide bonds. The summed E-state index contributed by atoms with van der Waals surface area (Å²) >= 11 is 0. The highest BCUT2D eigenvalue weighted by molar-refractivity contribution is 5.70. The predicted molar refractivity (Wildman–Crippen MR) is 88.2 cm³/mol. The summed E-state index contributed by atoms with van der Waals surface area (Å²) < 4.78 is 4.48. The Morgan fingerprint density at radius 1 is 0.810 bits per heavy atom. The minimum Gasteiger partial charge on any atom is -0.481 e. The number of ether oxygens (including phenoxy) is 1. The minimum atomic E-state index is -0.505. The third-order valence-electron chi connectivity index (χ3n) is 3.72. The molecule has 124 valence electrons. The van der Waals surface area contributed by atoms with E-state index in [1.54, 1.807) is 0 Å². The van der Waals surface area contributed by atoms with E-state index in [1.807, 2.05) is 0 Å². The highest BCUT2D eigenvalue weighted by atomic mass is 16.6. The molecule has 0 atom stereocenters. The molecule has 0 aliphatic carbocycles. The fourth-order valence-corrected chi connectivity index (χ4v) is 2.47. The molecule has 0 aromatic rings. The lowest BCUT2D eigenvalue weighted by Gasteiger charge is -2.03. The predicted octanol–water partition coefficient (Wildman–Crippen LogP) is 6.04. The van der Waals surface area contributed by atoms with Crippen LogP contribution in [0.3, 0.4) is 0 Å². The van der Waals surface area contributed by atoms with Crippen molar-refractivity contribution in [3.8, 4) is 0 Å². The van der Waals surface area contributed by atoms with Gasteiger partial charge in [0.1, 0.15) is 0 Å². The van der Waals surface area contributed by atoms with Gasteiger partial charge in [-0.25, -0.2) is 0 Å². The van der Waals surface area contributed by atoms with Gasteiger partial charge < -0.3 is 9.84 Å². The first-order valence-electron chi connectivity index (χ1n) is 8.75. The summed E-state index contributed by atoms with van der Waals surface area (Å²) in [5.74, 6) is -0.889. The second kappa shape index (κ2) is 15.4. The summed E-state index contributed by atoms with van der Waals surface area (Å²) in [6.07, 6.45) is 17.1. The van der Waals surface area contributed by atoms with Gasteiger partial charge in [0.25, 0.3) is 5.95 Å². The molecular formula is C18H34O3. The number of carbonyl (C=O) groups is 1. The standard InChI is InChI=1S/C18H34O3/c1-3-4-5-6-7-8-9-10-11-12-13-14-15-16-18(20)21-17(2)19/h19H,2-16H2,1H3. The Labute approximate surface area is 130 Å². The van der Waals surface area contributed by atoms with Crippen LogP contribution in [0.2, 0.25) is 0 Å². The topological polar surface area (TPSA) is 46.5 Å². The molecule has 0 fully saturated rings. The molecule has 0 saturated carbocycles. The van der Waals surface area contributed by atoms with Gasteiger partial charge in [-0.2, -0.15) is 0 Å². The van der Waals surface area contributed by atoms with Crippen LogP contribution in [0.15, 0.2) is 12.5 Å². The number of aliphatic hydroxyl groups excluding tert-OH is 1. The lowest BCUT2D eigenvalue weighted by molar-refractivity contribution is -0.143. The number of esters is 1. The van der Waals surface area contributed by atoms with Crippen LogP contribution >= 0.6 is 0 Å². The second-order valence-electron chi connectivity index (χ2n) is 5.86. The molecule has 0 saturated heterocycles. The summed E-state index contributed by atoms with van der Waals surface area (Å²) in [6, 6.07) is 0. The van der Waals surface area contributed by atoms with Gasteiger partial charge in [-0.15, -0.1) is 0 Å². The van der Waals surface area contributed by atoms with Gasteiger partial charge in [0, 0.05) is 6.42 Å². The lowest BCUT2D eigenvalue weighted by Crippen LogP contribution is -2.02. The van der Waals surface area contributed by atoms with Crippen LogP contribution in [0.1, 0.15) is 96.8 Å². The smallest absolute Gasteiger partial charge is 0.313 e. The van der Waals surface area contributed by atoms with E-state index in [2.05, 4.69) is 18.2 Å². The van der Waals surface area contributed by atoms with Crippen molar-refractivity contribution in [2.24, 2.45) is 0 Å². The SMILES string of the molecule is C=C(O)OC(=O)CCCCCCCCCCCCCCC. The Kier molecular flexibility index (Phi) is 14.7. The van der Waals surface area contributed by atoms with Crippen LogP contribution in [0, 0.1) is 0 Å². The quantitative estimate of drug-likeness (QED) is 0.228. The minimum absolute atomic E-state index is 0.372. The molecular weight excluding hydrogens is 264 g/mol. The van der Waals surface area contributed by atoms with Gasteiger partial charge >= 0.3 is 5.97 Å². The van der Waals surface area contributed by atoms with E-state index in [0.717, 1.165) is 12.8 Å². The van der Waals surface area contributed by atoms with Gasteiger partial charge in [0.15, 0.2) is 0 Å². The van der Waals surface area contributed by atoms with E-state index in [1.165, 1.54) is 70.6 Å². The molecule has 0 unspecified atom stereocenters. The largest absolute Gasteiger partial charge is 0.481 e. The van der Waals surface area contributed by atoms with Crippen LogP contribution in [-0.4, -0.2) is 11.1 Å². The zero-order valence-corrected chi connectivity index (χ0v) is 13.9. The number of carbonyl (C=O) groups excluding carboxylic acids is 1. The van der Waals surface area contributed by atoms with Crippen molar-refractivity contribution in [2.45, 2.75) is 96.8 Å². The monoisotopic (exact) mass is 298 g/mol. The third kappa shape index (κ3) is 17.0. The molecule has 3 nitrogen and oxygen atoms in total. The lowest BCUT2D eigenvalue weighted by atomic mass is 10.0. The zero-order valence-electron chi connectivity index (χ0n) is 13.9. The van der Waals surface area contributed by atoms with Gasteiger partial charge in [0.2, 0.25) is 0 Å². The van der Waals surface area contributed by atoms with Gasteiger partial charge in [-0.05, 0) is 13.0 Å². The van der Waals surface area contributed by atoms with E-state index in [-0.39, 0.29) is 5.97 Å². The third-order valence-corrected chi connectivity index (χ3v) is 3.72. The fourth-order valence-electron chi connectivity index (χ4n) is 2.47. The summed E-state index contributed by atoms with van der Waals surface area (Å²) in [5.41, 5.74) is 0. The summed E-state index contributed by atoms with van der Waals surface area (Å²) in [5, 5.41) is 8.69. The number of rotatable bonds is 15. The maximum absolute atomic E-state index is 11.1. The van der Waals surface area contributed by atoms with Crippen molar-refractivity contribution >= 4 is 5.97 Å². The number of hydrogen-bond donors (Lipinski definition) is 1. The van der Waals surface area contributed by atoms with E-state index >= 15 is 0 Å². The Balaban J connectivity index is 3.09. The van der Waals surface area contributed by atoms with Crippen molar-refractivity contribution in [1.82, 2.24) is 0 Å². The van der Waals surface area contributed by atoms with Crippen molar-refractivity contribution in [3.05, 3.63) is 12.5 Å². The summed E-state index contributed by atoms with van der Waals surface area (Å²) in [4.78, 5) is 11.1. The molecule has 0 radical (unpaired) electrons. The average Bonchev–Trinajstić information content (AvgIpc) is 2.43. The maximum atomic E-state index is 11.1. The van der Waals surface area contributed by atoms with Crippen molar-refractivity contribution in [1.29, 1.82) is 0 Å². The van der Waals surface area contributed by atoms with Gasteiger partial charge in [-0.3, -0.25) is 4.79 Å². The Morgan fingerprint density at radius 2 is 1.19 bits per heavy atom. The van der Waals surface area contributed by atoms with E-state index in [9.17, 15) is 4.79 Å². The first-order chi connectivity index (χ1) is 10.2. The van der Waals surface area contributed by atoms with Crippen LogP contribution in [0.4, 0.5) is 0 Å². The highest BCUT2D eigenvalue weighted by Crippen LogP contribution is 2.13. The van der Waals surface area contributed by atoms with E-state index in [4.69, 9.17) is 5.11 Å². The molecule has 0 aromatic heterocycles. The Hall–Kier alpha value is -0.990. The first kappa shape index (κ1) is 20.0. The zero-order chi connectivity index (χ0) is 15.8. The molecule has 0 aliphatic rings. The van der Waals surface area contributed by atoms with Crippen molar-refractivity contribution in [2.75, 3.05) is 0 Å². The highest BCUT2D eigenvalue weighted by Gasteiger charge is 2.03. The Morgan fingerprint density at radius 3 is 1.57 bits per heavy atom. The van der Waals surface area contributed by atoms with Crippen LogP contribution in [0.5, 0.6) is 0 Å². The van der Waals surface area contributed by atoms with Crippen LogP contribution in [-0.2, 0) is 9.53 Å². The number of hydrogen-bond acceptors (Lipinski definition) is 3. The van der Waals surface area contributed by atoms with E-state index < -0.39 is 5.95 Å². The Bertz CT molecular complexity index is 261. The molecule has 21 heavy (non-hydrogen) atoms. The maximum Gasteiger partial charge on any atom is 0.313 e. The summed E-state index contributed by atoms with van der Waals surface area (Å²) in [6.45, 7) is 5.38. The molecule has 0 bridgehead atoms. The number of unbranched alkanes of at least 4 members (excludes halogenated alkanes) is 12. The molecule has 0 aliphatic heterocycles. The molecule has 0 heterocycles. The molecule has 0 rings (SSSR count). The molecule has 1 N–H and O–H groups in total. The molecule has 0 spiro atoms. The fraction of sp³-hybridized carbons (Fsp3) is 0.833. The first-order valence-corrected chi connectivity index (χ1v) is 8.75. The van der Waals surface area contributed by atoms with Gasteiger partial charge in [0.05, 0.1) is 0 Å². The van der Waals surface area contributed by atoms with Crippen LogP contribution < -0.4 is 0 Å². The summed E-state index contributed by atoms with van der Waals surface area (Å²) in [7, 11) is 0. The van der Waals surface area contributed by atoms with Crippen LogP contribution in [0.25, 0.3) is 0 Å². The molecule has 0 aromatic carbocycles. The number of aliphatic hydroxyl groups is 1. The van der Waals surface area contributed by atoms with Gasteiger partial charge in [-0.1, -0.05) is 84.0 Å².